The van der Waals surface area contributed by atoms with Gasteiger partial charge < -0.3 is 21.1 Å². The number of nitrogens with two attached hydrogens (primary N) is 1. The molecule has 5 rings (SSSR count). The van der Waals surface area contributed by atoms with E-state index in [0.29, 0.717) is 35.6 Å². The smallest absolute Gasteiger partial charge is 0.237 e. The van der Waals surface area contributed by atoms with Crippen LogP contribution in [-0.2, 0) is 21.1 Å². The number of amides is 2. The summed E-state index contributed by atoms with van der Waals surface area (Å²) >= 11 is 3.41. The molecule has 2 aliphatic rings. The van der Waals surface area contributed by atoms with Crippen LogP contribution in [0.25, 0.3) is 11.1 Å². The second-order valence-corrected chi connectivity index (χ2v) is 19.9. The Morgan fingerprint density at radius 3 is 2.23 bits per heavy atom. The molecule has 43 heavy (non-hydrogen) atoms. The average Bonchev–Trinajstić information content (AvgIpc) is 3.86. The number of anilines is 3. The highest BCUT2D eigenvalue weighted by Crippen LogP contribution is 2.53. The third kappa shape index (κ3) is 7.96. The van der Waals surface area contributed by atoms with Crippen LogP contribution in [0.5, 0.6) is 0 Å². The van der Waals surface area contributed by atoms with Crippen molar-refractivity contribution in [3.8, 4) is 11.1 Å². The number of nitrogen functional groups attached to an aromatic ring is 1. The molecule has 230 valence electrons. The minimum absolute atomic E-state index is 0.0417. The van der Waals surface area contributed by atoms with Crippen LogP contribution in [0, 0.1) is 37.5 Å². The van der Waals surface area contributed by atoms with Crippen molar-refractivity contribution < 1.29 is 14.3 Å². The van der Waals surface area contributed by atoms with Gasteiger partial charge >= 0.3 is 0 Å². The lowest BCUT2D eigenvalue weighted by atomic mass is 9.82. The Labute approximate surface area is 264 Å². The van der Waals surface area contributed by atoms with Gasteiger partial charge in [-0.2, -0.15) is 5.10 Å². The molecule has 1 aromatic heterocycles. The fraction of sp³-hybridized carbons (Fsp3) is 0.485. The molecule has 0 radical (unpaired) electrons. The van der Waals surface area contributed by atoms with Crippen molar-refractivity contribution in [3.63, 3.8) is 0 Å². The van der Waals surface area contributed by atoms with Crippen LogP contribution in [0.2, 0.25) is 25.7 Å². The summed E-state index contributed by atoms with van der Waals surface area (Å²) in [6.07, 6.45) is 4.29. The second kappa shape index (κ2) is 13.0. The van der Waals surface area contributed by atoms with Gasteiger partial charge in [0.25, 0.3) is 0 Å². The Balaban J connectivity index is 1.29. The summed E-state index contributed by atoms with van der Waals surface area (Å²) in [6.45, 7) is 12.3. The SMILES string of the molecule is Cc1nn(COCC[Si](C)(C)C)c(C)c1-c1ccc(NC(=O)C(C(=O)Nc2ccc(Br)cc2N)C(C2CC2)C2CC2)cc1. The number of hydrogen-bond acceptors (Lipinski definition) is 5. The molecule has 1 atom stereocenters. The van der Waals surface area contributed by atoms with Gasteiger partial charge in [0.2, 0.25) is 11.8 Å². The van der Waals surface area contributed by atoms with E-state index < -0.39 is 14.0 Å². The first-order valence-electron chi connectivity index (χ1n) is 15.3. The summed E-state index contributed by atoms with van der Waals surface area (Å²) < 4.78 is 8.69. The molecule has 3 aromatic rings. The first-order chi connectivity index (χ1) is 20.4. The van der Waals surface area contributed by atoms with Crippen LogP contribution in [0.15, 0.2) is 46.9 Å². The number of carbonyl (C=O) groups is 2. The maximum atomic E-state index is 13.8. The predicted octanol–water partition coefficient (Wildman–Crippen LogP) is 7.45. The highest BCUT2D eigenvalue weighted by molar-refractivity contribution is 9.10. The average molecular weight is 667 g/mol. The number of rotatable bonds is 13. The van der Waals surface area contributed by atoms with E-state index >= 15 is 0 Å². The lowest BCUT2D eigenvalue weighted by molar-refractivity contribution is -0.132. The highest BCUT2D eigenvalue weighted by Gasteiger charge is 2.50. The molecule has 0 spiro atoms. The van der Waals surface area contributed by atoms with Gasteiger partial charge in [-0.05, 0) is 99.2 Å². The quantitative estimate of drug-likeness (QED) is 0.0760. The highest BCUT2D eigenvalue weighted by atomic mass is 79.9. The maximum absolute atomic E-state index is 13.8. The molecule has 2 amide bonds. The number of hydrogen-bond donors (Lipinski definition) is 3. The monoisotopic (exact) mass is 665 g/mol. The van der Waals surface area contributed by atoms with Gasteiger partial charge in [-0.3, -0.25) is 9.59 Å². The Kier molecular flexibility index (Phi) is 9.48. The van der Waals surface area contributed by atoms with Crippen LogP contribution in [0.3, 0.4) is 0 Å². The number of aryl methyl sites for hydroxylation is 1. The van der Waals surface area contributed by atoms with E-state index in [-0.39, 0.29) is 17.7 Å². The van der Waals surface area contributed by atoms with Crippen molar-refractivity contribution in [1.29, 1.82) is 0 Å². The van der Waals surface area contributed by atoms with Gasteiger partial charge in [0.1, 0.15) is 12.6 Å². The normalized spacial score (nSPS) is 15.9. The van der Waals surface area contributed by atoms with Crippen LogP contribution in [0.1, 0.15) is 37.1 Å². The van der Waals surface area contributed by atoms with Crippen LogP contribution in [0.4, 0.5) is 17.1 Å². The van der Waals surface area contributed by atoms with Gasteiger partial charge in [0.15, 0.2) is 0 Å². The molecule has 4 N–H and O–H groups in total. The molecule has 2 aliphatic carbocycles. The number of carbonyl (C=O) groups excluding carboxylic acids is 2. The van der Waals surface area contributed by atoms with Gasteiger partial charge in [-0.15, -0.1) is 0 Å². The predicted molar refractivity (Wildman–Crippen MR) is 179 cm³/mol. The lowest BCUT2D eigenvalue weighted by Gasteiger charge is -2.26. The van der Waals surface area contributed by atoms with Gasteiger partial charge in [-0.25, -0.2) is 4.68 Å². The molecular formula is C33H44BrN5O3Si. The number of nitrogens with one attached hydrogen (secondary N) is 2. The van der Waals surface area contributed by atoms with E-state index in [1.165, 1.54) is 0 Å². The molecule has 1 heterocycles. The minimum Gasteiger partial charge on any atom is -0.397 e. The number of benzene rings is 2. The van der Waals surface area contributed by atoms with E-state index in [0.717, 1.165) is 65.3 Å². The summed E-state index contributed by atoms with van der Waals surface area (Å²) in [4.78, 5) is 27.5. The zero-order valence-corrected chi connectivity index (χ0v) is 28.5. The van der Waals surface area contributed by atoms with Crippen molar-refractivity contribution in [2.45, 2.75) is 71.9 Å². The van der Waals surface area contributed by atoms with Crippen LogP contribution >= 0.6 is 15.9 Å². The van der Waals surface area contributed by atoms with E-state index in [2.05, 4.69) is 53.1 Å². The van der Waals surface area contributed by atoms with Gasteiger partial charge in [-0.1, -0.05) is 47.7 Å². The van der Waals surface area contributed by atoms with Crippen LogP contribution in [-0.4, -0.2) is 36.3 Å². The first-order valence-corrected chi connectivity index (χ1v) is 19.8. The molecule has 8 nitrogen and oxygen atoms in total. The fourth-order valence-corrected chi connectivity index (χ4v) is 7.06. The molecule has 0 aliphatic heterocycles. The van der Waals surface area contributed by atoms with Crippen molar-refractivity contribution >= 4 is 52.9 Å². The zero-order chi connectivity index (χ0) is 30.9. The van der Waals surface area contributed by atoms with Gasteiger partial charge in [0.05, 0.1) is 17.1 Å². The third-order valence-corrected chi connectivity index (χ3v) is 10.8. The molecule has 1 unspecified atom stereocenters. The largest absolute Gasteiger partial charge is 0.397 e. The molecule has 2 fully saturated rings. The van der Waals surface area contributed by atoms with Crippen molar-refractivity contribution in [3.05, 3.63) is 58.3 Å². The maximum Gasteiger partial charge on any atom is 0.237 e. The molecule has 2 saturated carbocycles. The molecule has 0 saturated heterocycles. The van der Waals surface area contributed by atoms with E-state index in [9.17, 15) is 9.59 Å². The molecule has 2 aromatic carbocycles. The second-order valence-electron chi connectivity index (χ2n) is 13.4. The van der Waals surface area contributed by atoms with Crippen molar-refractivity contribution in [2.75, 3.05) is 23.0 Å². The minimum atomic E-state index is -1.15. The van der Waals surface area contributed by atoms with Crippen molar-refractivity contribution in [2.24, 2.45) is 23.7 Å². The first kappa shape index (κ1) is 31.5. The third-order valence-electron chi connectivity index (χ3n) is 8.59. The Morgan fingerprint density at radius 2 is 1.65 bits per heavy atom. The number of nitrogens with zero attached hydrogens (tertiary/aromatic N) is 2. The molecular weight excluding hydrogens is 622 g/mol. The Bertz CT molecular complexity index is 1460. The van der Waals surface area contributed by atoms with Crippen molar-refractivity contribution in [1.82, 2.24) is 9.78 Å². The van der Waals surface area contributed by atoms with Crippen LogP contribution < -0.4 is 16.4 Å². The topological polar surface area (TPSA) is 111 Å². The number of aromatic nitrogens is 2. The zero-order valence-electron chi connectivity index (χ0n) is 25.9. The lowest BCUT2D eigenvalue weighted by Crippen LogP contribution is -2.41. The Morgan fingerprint density at radius 1 is 1.02 bits per heavy atom. The summed E-state index contributed by atoms with van der Waals surface area (Å²) in [5, 5.41) is 10.7. The standard InChI is InChI=1S/C33H44BrN5O3Si/c1-20-29(21(2)39(38-20)19-42-16-17-43(3,4)5)22-10-13-26(14-11-22)36-32(40)31(30(23-6-7-23)24-8-9-24)33(41)37-28-15-12-25(34)18-27(28)35/h10-15,18,23-24,30-31H,6-9,16-17,19,35H2,1-5H3,(H,36,40)(H,37,41). The number of ether oxygens (including phenoxy) is 1. The summed E-state index contributed by atoms with van der Waals surface area (Å²) in [7, 11) is -1.15. The summed E-state index contributed by atoms with van der Waals surface area (Å²) in [6, 6.07) is 14.3. The summed E-state index contributed by atoms with van der Waals surface area (Å²) in [5.41, 5.74) is 11.9. The fourth-order valence-electron chi connectivity index (χ4n) is 5.93. The number of halogens is 1. The van der Waals surface area contributed by atoms with E-state index in [1.54, 1.807) is 12.1 Å². The molecule has 0 bridgehead atoms. The van der Waals surface area contributed by atoms with Gasteiger partial charge in [0, 0.05) is 36.1 Å². The van der Waals surface area contributed by atoms with E-state index in [4.69, 9.17) is 15.6 Å². The molecule has 10 heteroatoms. The summed E-state index contributed by atoms with van der Waals surface area (Å²) in [5.74, 6) is -0.467. The van der Waals surface area contributed by atoms with E-state index in [1.807, 2.05) is 41.9 Å². The Hall–Kier alpha value is -2.95.